The van der Waals surface area contributed by atoms with Gasteiger partial charge in [-0.15, -0.1) is 0 Å². The largest absolute Gasteiger partial charge is 0.356 e. The normalized spacial score (nSPS) is 11.1. The minimum atomic E-state index is 0.857. The molecule has 0 fully saturated rings. The Balaban J connectivity index is 1.71. The molecule has 0 spiro atoms. The monoisotopic (exact) mass is 351 g/mol. The summed E-state index contributed by atoms with van der Waals surface area (Å²) in [6.07, 6.45) is 2.01. The lowest BCUT2D eigenvalue weighted by Crippen LogP contribution is -1.96. The van der Waals surface area contributed by atoms with Crippen molar-refractivity contribution < 1.29 is 0 Å². The Morgan fingerprint density at radius 1 is 0.667 bits per heavy atom. The Morgan fingerprint density at radius 2 is 1.11 bits per heavy atom. The van der Waals surface area contributed by atoms with Gasteiger partial charge in [0.25, 0.3) is 0 Å². The van der Waals surface area contributed by atoms with Crippen LogP contribution in [0.15, 0.2) is 115 Å². The molecule has 3 aromatic rings. The van der Waals surface area contributed by atoms with E-state index in [9.17, 15) is 0 Å². The van der Waals surface area contributed by atoms with Gasteiger partial charge in [-0.2, -0.15) is 0 Å². The molecule has 0 aliphatic carbocycles. The molecule has 1 heteroatoms. The SMILES string of the molecule is C=C(/C=C(/C)C(=C)C)Nc1ccc(-c2ccc(-c3ccccc3)cc2)cc1. The summed E-state index contributed by atoms with van der Waals surface area (Å²) in [6.45, 7) is 12.0. The van der Waals surface area contributed by atoms with E-state index < -0.39 is 0 Å². The van der Waals surface area contributed by atoms with Crippen molar-refractivity contribution in [2.24, 2.45) is 0 Å². The molecule has 0 bridgehead atoms. The van der Waals surface area contributed by atoms with Crippen molar-refractivity contribution in [3.05, 3.63) is 115 Å². The standard InChI is InChI=1S/C26H25N/c1-19(2)20(3)18-21(4)27-26-16-14-25(15-17-26)24-12-10-23(11-13-24)22-8-6-5-7-9-22/h5-18,27H,1,4H2,2-3H3/b20-18-. The topological polar surface area (TPSA) is 12.0 Å². The van der Waals surface area contributed by atoms with Gasteiger partial charge >= 0.3 is 0 Å². The van der Waals surface area contributed by atoms with E-state index in [1.54, 1.807) is 0 Å². The minimum Gasteiger partial charge on any atom is -0.356 e. The first-order chi connectivity index (χ1) is 13.0. The Hall–Kier alpha value is -3.32. The maximum Gasteiger partial charge on any atom is 0.0384 e. The van der Waals surface area contributed by atoms with Crippen molar-refractivity contribution in [1.29, 1.82) is 0 Å². The van der Waals surface area contributed by atoms with Gasteiger partial charge in [0, 0.05) is 11.4 Å². The fraction of sp³-hybridized carbons (Fsp3) is 0.0769. The highest BCUT2D eigenvalue weighted by molar-refractivity contribution is 5.71. The third-order valence-corrected chi connectivity index (χ3v) is 4.58. The van der Waals surface area contributed by atoms with E-state index in [0.717, 1.165) is 22.5 Å². The van der Waals surface area contributed by atoms with E-state index in [0.29, 0.717) is 0 Å². The van der Waals surface area contributed by atoms with Gasteiger partial charge in [-0.25, -0.2) is 0 Å². The smallest absolute Gasteiger partial charge is 0.0384 e. The maximum atomic E-state index is 4.06. The maximum absolute atomic E-state index is 4.06. The van der Waals surface area contributed by atoms with Gasteiger partial charge in [0.1, 0.15) is 0 Å². The van der Waals surface area contributed by atoms with E-state index in [2.05, 4.69) is 91.3 Å². The summed E-state index contributed by atoms with van der Waals surface area (Å²) in [7, 11) is 0. The summed E-state index contributed by atoms with van der Waals surface area (Å²) in [4.78, 5) is 0. The summed E-state index contributed by atoms with van der Waals surface area (Å²) >= 11 is 0. The van der Waals surface area contributed by atoms with E-state index in [-0.39, 0.29) is 0 Å². The van der Waals surface area contributed by atoms with Crippen LogP contribution in [0.3, 0.4) is 0 Å². The van der Waals surface area contributed by atoms with Gasteiger partial charge in [0.2, 0.25) is 0 Å². The van der Waals surface area contributed by atoms with Crippen LogP contribution in [-0.2, 0) is 0 Å². The molecule has 0 aliphatic heterocycles. The Morgan fingerprint density at radius 3 is 1.59 bits per heavy atom. The third-order valence-electron chi connectivity index (χ3n) is 4.58. The molecule has 0 heterocycles. The van der Waals surface area contributed by atoms with Crippen LogP contribution < -0.4 is 5.32 Å². The van der Waals surface area contributed by atoms with Gasteiger partial charge in [0.15, 0.2) is 0 Å². The zero-order valence-electron chi connectivity index (χ0n) is 16.0. The number of benzene rings is 3. The van der Waals surface area contributed by atoms with Crippen molar-refractivity contribution in [1.82, 2.24) is 0 Å². The average Bonchev–Trinajstić information content (AvgIpc) is 2.69. The first kappa shape index (κ1) is 18.5. The number of hydrogen-bond donors (Lipinski definition) is 1. The number of nitrogens with one attached hydrogen (secondary N) is 1. The second kappa shape index (κ2) is 8.37. The molecule has 0 amide bonds. The molecule has 0 saturated heterocycles. The molecule has 3 aromatic carbocycles. The predicted octanol–water partition coefficient (Wildman–Crippen LogP) is 7.47. The lowest BCUT2D eigenvalue weighted by Gasteiger charge is -2.09. The Bertz CT molecular complexity index is 959. The second-order valence-electron chi connectivity index (χ2n) is 6.78. The average molecular weight is 351 g/mol. The van der Waals surface area contributed by atoms with E-state index >= 15 is 0 Å². The van der Waals surface area contributed by atoms with Gasteiger partial charge in [-0.3, -0.25) is 0 Å². The number of anilines is 1. The molecule has 3 rings (SSSR count). The first-order valence-electron chi connectivity index (χ1n) is 9.09. The first-order valence-corrected chi connectivity index (χ1v) is 9.09. The van der Waals surface area contributed by atoms with Crippen LogP contribution in [0.5, 0.6) is 0 Å². The van der Waals surface area contributed by atoms with Crippen LogP contribution in [0.1, 0.15) is 13.8 Å². The summed E-state index contributed by atoms with van der Waals surface area (Å²) in [5.41, 5.74) is 8.92. The molecule has 1 nitrogen and oxygen atoms in total. The van der Waals surface area contributed by atoms with E-state index in [1.807, 2.05) is 26.0 Å². The second-order valence-corrected chi connectivity index (χ2v) is 6.78. The number of hydrogen-bond acceptors (Lipinski definition) is 1. The molecule has 0 radical (unpaired) electrons. The summed E-state index contributed by atoms with van der Waals surface area (Å²) in [5.74, 6) is 0. The fourth-order valence-electron chi connectivity index (χ4n) is 2.84. The zero-order chi connectivity index (χ0) is 19.2. The molecule has 0 aromatic heterocycles. The van der Waals surface area contributed by atoms with Crippen molar-refractivity contribution in [2.75, 3.05) is 5.32 Å². The molecule has 134 valence electrons. The molecule has 0 unspecified atom stereocenters. The highest BCUT2D eigenvalue weighted by Gasteiger charge is 2.01. The van der Waals surface area contributed by atoms with Crippen LogP contribution in [-0.4, -0.2) is 0 Å². The van der Waals surface area contributed by atoms with Crippen LogP contribution in [0, 0.1) is 0 Å². The highest BCUT2D eigenvalue weighted by Crippen LogP contribution is 2.26. The Kier molecular flexibility index (Phi) is 5.73. The van der Waals surface area contributed by atoms with E-state index in [4.69, 9.17) is 0 Å². The van der Waals surface area contributed by atoms with Crippen molar-refractivity contribution in [3.8, 4) is 22.3 Å². The molecular formula is C26H25N. The van der Waals surface area contributed by atoms with Gasteiger partial charge in [0.05, 0.1) is 0 Å². The van der Waals surface area contributed by atoms with Crippen LogP contribution in [0.2, 0.25) is 0 Å². The molecule has 0 atom stereocenters. The predicted molar refractivity (Wildman–Crippen MR) is 119 cm³/mol. The summed E-state index contributed by atoms with van der Waals surface area (Å²) in [5, 5.41) is 3.32. The molecule has 0 saturated carbocycles. The molecular weight excluding hydrogens is 326 g/mol. The van der Waals surface area contributed by atoms with Crippen molar-refractivity contribution >= 4 is 5.69 Å². The fourth-order valence-corrected chi connectivity index (χ4v) is 2.84. The van der Waals surface area contributed by atoms with Crippen molar-refractivity contribution in [2.45, 2.75) is 13.8 Å². The minimum absolute atomic E-state index is 0.857. The van der Waals surface area contributed by atoms with Gasteiger partial charge in [-0.05, 0) is 59.9 Å². The van der Waals surface area contributed by atoms with Crippen molar-refractivity contribution in [3.63, 3.8) is 0 Å². The summed E-state index contributed by atoms with van der Waals surface area (Å²) in [6, 6.07) is 27.5. The quantitative estimate of drug-likeness (QED) is 0.454. The number of allylic oxidation sites excluding steroid dienone is 3. The third kappa shape index (κ3) is 4.86. The zero-order valence-corrected chi connectivity index (χ0v) is 16.0. The molecule has 27 heavy (non-hydrogen) atoms. The van der Waals surface area contributed by atoms with E-state index in [1.165, 1.54) is 22.3 Å². The van der Waals surface area contributed by atoms with Crippen LogP contribution in [0.4, 0.5) is 5.69 Å². The summed E-state index contributed by atoms with van der Waals surface area (Å²) < 4.78 is 0. The van der Waals surface area contributed by atoms with Gasteiger partial charge < -0.3 is 5.32 Å². The lowest BCUT2D eigenvalue weighted by molar-refractivity contribution is 1.34. The van der Waals surface area contributed by atoms with Crippen LogP contribution >= 0.6 is 0 Å². The number of rotatable bonds is 6. The molecule has 0 aliphatic rings. The van der Waals surface area contributed by atoms with Crippen LogP contribution in [0.25, 0.3) is 22.3 Å². The van der Waals surface area contributed by atoms with Gasteiger partial charge in [-0.1, -0.05) is 85.5 Å². The lowest BCUT2D eigenvalue weighted by atomic mass is 10.0. The highest BCUT2D eigenvalue weighted by atomic mass is 14.9. The Labute approximate surface area is 162 Å². The molecule has 1 N–H and O–H groups in total.